The SMILES string of the molecule is C=CCOC(=C(F)F)S(=O)(=O)F. The molecule has 0 aliphatic carbocycles. The molecule has 3 nitrogen and oxygen atoms in total. The zero-order valence-corrected chi connectivity index (χ0v) is 6.57. The fourth-order valence-electron chi connectivity index (χ4n) is 0.352. The van der Waals surface area contributed by atoms with Crippen LogP contribution in [0.25, 0.3) is 0 Å². The molecule has 0 bridgehead atoms. The van der Waals surface area contributed by atoms with Gasteiger partial charge in [-0.2, -0.15) is 17.2 Å². The highest BCUT2D eigenvalue weighted by molar-refractivity contribution is 7.90. The van der Waals surface area contributed by atoms with Crippen molar-refractivity contribution in [1.82, 2.24) is 0 Å². The van der Waals surface area contributed by atoms with Gasteiger partial charge in [0.25, 0.3) is 0 Å². The van der Waals surface area contributed by atoms with Gasteiger partial charge in [-0.15, -0.1) is 0 Å². The summed E-state index contributed by atoms with van der Waals surface area (Å²) in [5.74, 6) is 0. The van der Waals surface area contributed by atoms with Gasteiger partial charge in [0.2, 0.25) is 0 Å². The second-order valence-electron chi connectivity index (χ2n) is 1.59. The van der Waals surface area contributed by atoms with E-state index in [0.717, 1.165) is 6.08 Å². The summed E-state index contributed by atoms with van der Waals surface area (Å²) in [4.78, 5) is 0. The second-order valence-corrected chi connectivity index (χ2v) is 2.83. The Hall–Kier alpha value is -0.980. The van der Waals surface area contributed by atoms with E-state index < -0.39 is 28.0 Å². The van der Waals surface area contributed by atoms with Crippen molar-refractivity contribution in [2.45, 2.75) is 0 Å². The first-order valence-electron chi connectivity index (χ1n) is 2.63. The molecule has 0 aromatic heterocycles. The molecule has 0 atom stereocenters. The van der Waals surface area contributed by atoms with Gasteiger partial charge in [-0.05, 0) is 0 Å². The third kappa shape index (κ3) is 3.42. The first-order chi connectivity index (χ1) is 5.39. The molecule has 0 N–H and O–H groups in total. The van der Waals surface area contributed by atoms with E-state index >= 15 is 0 Å². The average molecular weight is 202 g/mol. The Labute approximate surface area is 67.4 Å². The van der Waals surface area contributed by atoms with Crippen molar-refractivity contribution in [3.63, 3.8) is 0 Å². The monoisotopic (exact) mass is 202 g/mol. The number of hydrogen-bond acceptors (Lipinski definition) is 3. The van der Waals surface area contributed by atoms with Gasteiger partial charge in [0.15, 0.2) is 0 Å². The number of hydrogen-bond donors (Lipinski definition) is 0. The summed E-state index contributed by atoms with van der Waals surface area (Å²) >= 11 is 0. The molecule has 70 valence electrons. The zero-order chi connectivity index (χ0) is 9.78. The van der Waals surface area contributed by atoms with E-state index in [2.05, 4.69) is 11.3 Å². The minimum atomic E-state index is -5.48. The summed E-state index contributed by atoms with van der Waals surface area (Å²) < 4.78 is 58.8. The quantitative estimate of drug-likeness (QED) is 0.394. The van der Waals surface area contributed by atoms with E-state index in [0.29, 0.717) is 0 Å². The van der Waals surface area contributed by atoms with E-state index in [1.165, 1.54) is 0 Å². The minimum Gasteiger partial charge on any atom is -0.473 e. The molecule has 12 heavy (non-hydrogen) atoms. The van der Waals surface area contributed by atoms with Crippen LogP contribution in [0.2, 0.25) is 0 Å². The lowest BCUT2D eigenvalue weighted by molar-refractivity contribution is 0.235. The molecule has 0 aromatic rings. The number of ether oxygens (including phenoxy) is 1. The summed E-state index contributed by atoms with van der Waals surface area (Å²) in [6, 6.07) is 0. The van der Waals surface area contributed by atoms with Crippen molar-refractivity contribution in [3.05, 3.63) is 23.8 Å². The van der Waals surface area contributed by atoms with Crippen LogP contribution >= 0.6 is 0 Å². The third-order valence-corrected chi connectivity index (χ3v) is 1.42. The highest BCUT2D eigenvalue weighted by Gasteiger charge is 2.24. The molecule has 0 rings (SSSR count). The van der Waals surface area contributed by atoms with Crippen molar-refractivity contribution in [1.29, 1.82) is 0 Å². The topological polar surface area (TPSA) is 43.4 Å². The summed E-state index contributed by atoms with van der Waals surface area (Å²) in [6.45, 7) is 2.56. The maximum Gasteiger partial charge on any atom is 0.371 e. The first kappa shape index (κ1) is 11.0. The Morgan fingerprint density at radius 1 is 1.50 bits per heavy atom. The highest BCUT2D eigenvalue weighted by Crippen LogP contribution is 2.17. The van der Waals surface area contributed by atoms with E-state index in [4.69, 9.17) is 0 Å². The molecule has 0 radical (unpaired) electrons. The smallest absolute Gasteiger partial charge is 0.371 e. The van der Waals surface area contributed by atoms with E-state index in [1.54, 1.807) is 0 Å². The maximum absolute atomic E-state index is 11.9. The van der Waals surface area contributed by atoms with Gasteiger partial charge in [-0.1, -0.05) is 16.5 Å². The van der Waals surface area contributed by atoms with Gasteiger partial charge in [0, 0.05) is 0 Å². The maximum atomic E-state index is 11.9. The lowest BCUT2D eigenvalue weighted by atomic mass is 10.7. The summed E-state index contributed by atoms with van der Waals surface area (Å²) in [7, 11) is -5.48. The van der Waals surface area contributed by atoms with Gasteiger partial charge in [-0.3, -0.25) is 0 Å². The Kier molecular flexibility index (Phi) is 3.81. The average Bonchev–Trinajstić information content (AvgIpc) is 1.84. The molecule has 0 aliphatic heterocycles. The van der Waals surface area contributed by atoms with Gasteiger partial charge in [0.05, 0.1) is 0 Å². The first-order valence-corrected chi connectivity index (χ1v) is 4.01. The van der Waals surface area contributed by atoms with Gasteiger partial charge >= 0.3 is 21.4 Å². The molecule has 0 saturated carbocycles. The van der Waals surface area contributed by atoms with E-state index in [1.807, 2.05) is 0 Å². The summed E-state index contributed by atoms with van der Waals surface area (Å²) in [6.07, 6.45) is -1.71. The van der Waals surface area contributed by atoms with Crippen molar-refractivity contribution in [2.24, 2.45) is 0 Å². The van der Waals surface area contributed by atoms with Crippen molar-refractivity contribution < 1.29 is 25.8 Å². The van der Waals surface area contributed by atoms with Crippen molar-refractivity contribution in [2.75, 3.05) is 6.61 Å². The van der Waals surface area contributed by atoms with Crippen LogP contribution in [0, 0.1) is 0 Å². The normalized spacial score (nSPS) is 10.6. The molecule has 0 aliphatic rings. The Balaban J connectivity index is 4.73. The third-order valence-electron chi connectivity index (χ3n) is 0.708. The summed E-state index contributed by atoms with van der Waals surface area (Å²) in [5, 5.41) is -1.96. The van der Waals surface area contributed by atoms with Crippen LogP contribution in [-0.2, 0) is 15.0 Å². The van der Waals surface area contributed by atoms with Gasteiger partial charge in [0.1, 0.15) is 6.61 Å². The predicted octanol–water partition coefficient (Wildman–Crippen LogP) is 1.55. The molecule has 7 heteroatoms. The highest BCUT2D eigenvalue weighted by atomic mass is 32.3. The van der Waals surface area contributed by atoms with Crippen LogP contribution in [0.3, 0.4) is 0 Å². The van der Waals surface area contributed by atoms with Crippen LogP contribution in [0.1, 0.15) is 0 Å². The van der Waals surface area contributed by atoms with Crippen LogP contribution in [0.5, 0.6) is 0 Å². The van der Waals surface area contributed by atoms with Crippen LogP contribution in [0.4, 0.5) is 12.7 Å². The van der Waals surface area contributed by atoms with Crippen LogP contribution in [-0.4, -0.2) is 15.0 Å². The van der Waals surface area contributed by atoms with E-state index in [9.17, 15) is 21.1 Å². The van der Waals surface area contributed by atoms with Gasteiger partial charge < -0.3 is 4.74 Å². The molecule has 0 fully saturated rings. The second kappa shape index (κ2) is 4.15. The lowest BCUT2D eigenvalue weighted by Crippen LogP contribution is -2.02. The molecule has 0 aromatic carbocycles. The molecular weight excluding hydrogens is 197 g/mol. The molecule has 0 unspecified atom stereocenters. The predicted molar refractivity (Wildman–Crippen MR) is 35.4 cm³/mol. The minimum absolute atomic E-state index is 0.504. The fraction of sp³-hybridized carbons (Fsp3) is 0.200. The van der Waals surface area contributed by atoms with Gasteiger partial charge in [-0.25, -0.2) is 0 Å². The lowest BCUT2D eigenvalue weighted by Gasteiger charge is -2.00. The molecular formula is C5H5F3O3S. The van der Waals surface area contributed by atoms with Crippen molar-refractivity contribution >= 4 is 10.2 Å². The standard InChI is InChI=1S/C5H5F3O3S/c1-2-3-11-5(4(6)7)12(8,9)10/h2H,1,3H2. The zero-order valence-electron chi connectivity index (χ0n) is 5.76. The molecule has 0 saturated heterocycles. The molecule has 0 amide bonds. The number of halogens is 3. The Morgan fingerprint density at radius 3 is 2.25 bits per heavy atom. The molecule has 0 spiro atoms. The van der Waals surface area contributed by atoms with Crippen LogP contribution < -0.4 is 0 Å². The van der Waals surface area contributed by atoms with Crippen LogP contribution in [0.15, 0.2) is 23.8 Å². The fourth-order valence-corrected chi connectivity index (χ4v) is 0.745. The Morgan fingerprint density at radius 2 is 2.00 bits per heavy atom. The number of rotatable bonds is 4. The van der Waals surface area contributed by atoms with E-state index in [-0.39, 0.29) is 0 Å². The molecule has 0 heterocycles. The van der Waals surface area contributed by atoms with Crippen molar-refractivity contribution in [3.8, 4) is 0 Å². The summed E-state index contributed by atoms with van der Waals surface area (Å²) in [5.41, 5.74) is 0. The Bertz CT molecular complexity index is 289. The largest absolute Gasteiger partial charge is 0.473 e.